The van der Waals surface area contributed by atoms with Crippen LogP contribution in [-0.4, -0.2) is 59.2 Å². The zero-order valence-corrected chi connectivity index (χ0v) is 21.0. The summed E-state index contributed by atoms with van der Waals surface area (Å²) in [5.74, 6) is 1.46. The third-order valence-electron chi connectivity index (χ3n) is 7.83. The smallest absolute Gasteiger partial charge is 0.319 e. The molecule has 1 saturated heterocycles. The molecule has 8 nitrogen and oxygen atoms in total. The number of nitrogens with one attached hydrogen (secondary N) is 2. The number of carbonyl (C=O) groups excluding carboxylic acids is 1. The van der Waals surface area contributed by atoms with E-state index >= 15 is 0 Å². The van der Waals surface area contributed by atoms with Crippen molar-refractivity contribution in [1.82, 2.24) is 10.2 Å². The highest BCUT2D eigenvalue weighted by Gasteiger charge is 2.50. The fourth-order valence-corrected chi connectivity index (χ4v) is 7.21. The number of ether oxygens (including phenoxy) is 2. The molecule has 1 saturated carbocycles. The van der Waals surface area contributed by atoms with Gasteiger partial charge in [0, 0.05) is 28.6 Å². The third kappa shape index (κ3) is 4.16. The topological polar surface area (TPSA) is 97.0 Å². The number of sulfone groups is 1. The van der Waals surface area contributed by atoms with E-state index in [1.54, 1.807) is 32.4 Å². The number of benzene rings is 2. The summed E-state index contributed by atoms with van der Waals surface area (Å²) >= 11 is 0. The molecule has 186 valence electrons. The zero-order chi connectivity index (χ0) is 24.8. The van der Waals surface area contributed by atoms with Gasteiger partial charge in [-0.2, -0.15) is 0 Å². The minimum Gasteiger partial charge on any atom is -0.493 e. The van der Waals surface area contributed by atoms with Gasteiger partial charge in [0.05, 0.1) is 19.1 Å². The van der Waals surface area contributed by atoms with Gasteiger partial charge < -0.3 is 25.0 Å². The molecule has 2 aromatic carbocycles. The number of methoxy groups -OCH3 is 2. The first-order chi connectivity index (χ1) is 16.8. The molecule has 3 unspecified atom stereocenters. The quantitative estimate of drug-likeness (QED) is 0.653. The van der Waals surface area contributed by atoms with E-state index in [4.69, 9.17) is 9.47 Å². The molecule has 1 aliphatic carbocycles. The molecule has 0 aromatic heterocycles. The SMILES string of the molecule is COc1ccc(C23CCC(NC(=O)Nc4ccc5c(c4)S(=O)(=O)C=C5)CC2N(C)CC3)cc1OC. The highest BCUT2D eigenvalue weighted by Crippen LogP contribution is 2.49. The van der Waals surface area contributed by atoms with Crippen LogP contribution in [0, 0.1) is 0 Å². The van der Waals surface area contributed by atoms with E-state index in [0.717, 1.165) is 43.7 Å². The van der Waals surface area contributed by atoms with Crippen molar-refractivity contribution in [3.8, 4) is 11.5 Å². The maximum Gasteiger partial charge on any atom is 0.319 e. The van der Waals surface area contributed by atoms with Crippen molar-refractivity contribution >= 4 is 27.6 Å². The largest absolute Gasteiger partial charge is 0.493 e. The number of fused-ring (bicyclic) bond motifs is 2. The van der Waals surface area contributed by atoms with Crippen molar-refractivity contribution < 1.29 is 22.7 Å². The van der Waals surface area contributed by atoms with Gasteiger partial charge in [0.1, 0.15) is 0 Å². The first kappa shape index (κ1) is 23.7. The van der Waals surface area contributed by atoms with Crippen molar-refractivity contribution in [3.05, 3.63) is 52.9 Å². The minimum atomic E-state index is -3.42. The second-order valence-electron chi connectivity index (χ2n) is 9.64. The summed E-state index contributed by atoms with van der Waals surface area (Å²) in [5, 5.41) is 7.11. The predicted octanol–water partition coefficient (Wildman–Crippen LogP) is 3.78. The molecule has 5 rings (SSSR count). The van der Waals surface area contributed by atoms with Gasteiger partial charge in [-0.1, -0.05) is 12.1 Å². The Morgan fingerprint density at radius 1 is 1.09 bits per heavy atom. The normalized spacial score (nSPS) is 26.6. The van der Waals surface area contributed by atoms with Gasteiger partial charge in [0.2, 0.25) is 9.84 Å². The lowest BCUT2D eigenvalue weighted by molar-refractivity contribution is 0.156. The second-order valence-corrected chi connectivity index (χ2v) is 11.4. The fourth-order valence-electron chi connectivity index (χ4n) is 5.98. The number of amides is 2. The molecule has 0 radical (unpaired) electrons. The number of likely N-dealkylation sites (N-methyl/N-ethyl adjacent to an activating group) is 1. The van der Waals surface area contributed by atoms with E-state index in [2.05, 4.69) is 34.7 Å². The summed E-state index contributed by atoms with van der Waals surface area (Å²) in [6.07, 6.45) is 5.26. The Balaban J connectivity index is 1.29. The average Bonchev–Trinajstić information content (AvgIpc) is 3.35. The lowest BCUT2D eigenvalue weighted by atomic mass is 9.65. The van der Waals surface area contributed by atoms with Crippen molar-refractivity contribution in [2.45, 2.75) is 48.1 Å². The van der Waals surface area contributed by atoms with Crippen LogP contribution in [0.25, 0.3) is 6.08 Å². The molecule has 2 N–H and O–H groups in total. The highest BCUT2D eigenvalue weighted by atomic mass is 32.2. The average molecular weight is 498 g/mol. The number of rotatable bonds is 5. The second kappa shape index (κ2) is 8.87. The van der Waals surface area contributed by atoms with Crippen molar-refractivity contribution in [2.24, 2.45) is 0 Å². The van der Waals surface area contributed by atoms with E-state index in [1.807, 2.05) is 6.07 Å². The highest BCUT2D eigenvalue weighted by molar-refractivity contribution is 7.94. The fraction of sp³-hybridized carbons (Fsp3) is 0.423. The van der Waals surface area contributed by atoms with Gasteiger partial charge in [-0.3, -0.25) is 0 Å². The van der Waals surface area contributed by atoms with Crippen molar-refractivity contribution in [3.63, 3.8) is 0 Å². The lowest BCUT2D eigenvalue weighted by Crippen LogP contribution is -2.52. The Labute approximate surface area is 206 Å². The standard InChI is InChI=1S/C26H31N3O5S/c1-29-12-11-26(18-5-7-21(33-2)22(14-18)34-3)10-8-20(16-24(26)29)28-25(30)27-19-6-4-17-9-13-35(31,32)23(17)15-19/h4-7,9,13-15,20,24H,8,10-12,16H2,1-3H3,(H2,27,28,30). The Morgan fingerprint density at radius 3 is 2.66 bits per heavy atom. The monoisotopic (exact) mass is 497 g/mol. The van der Waals surface area contributed by atoms with Gasteiger partial charge >= 0.3 is 6.03 Å². The Hall–Kier alpha value is -3.04. The van der Waals surface area contributed by atoms with Crippen LogP contribution in [0.5, 0.6) is 11.5 Å². The van der Waals surface area contributed by atoms with E-state index in [0.29, 0.717) is 11.3 Å². The molecule has 2 heterocycles. The Morgan fingerprint density at radius 2 is 1.89 bits per heavy atom. The zero-order valence-electron chi connectivity index (χ0n) is 20.2. The molecule has 35 heavy (non-hydrogen) atoms. The van der Waals surface area contributed by atoms with Gasteiger partial charge in [-0.05, 0) is 80.7 Å². The van der Waals surface area contributed by atoms with Gasteiger partial charge in [-0.15, -0.1) is 0 Å². The number of hydrogen-bond acceptors (Lipinski definition) is 6. The molecule has 3 atom stereocenters. The molecular weight excluding hydrogens is 466 g/mol. The van der Waals surface area contributed by atoms with Crippen LogP contribution in [0.3, 0.4) is 0 Å². The van der Waals surface area contributed by atoms with Gasteiger partial charge in [0.15, 0.2) is 11.5 Å². The van der Waals surface area contributed by atoms with Crippen molar-refractivity contribution in [1.29, 1.82) is 0 Å². The van der Waals surface area contributed by atoms with Crippen LogP contribution >= 0.6 is 0 Å². The molecule has 2 amide bonds. The first-order valence-corrected chi connectivity index (χ1v) is 13.4. The van der Waals surface area contributed by atoms with Crippen LogP contribution in [0.4, 0.5) is 10.5 Å². The number of hydrogen-bond donors (Lipinski definition) is 2. The van der Waals surface area contributed by atoms with E-state index in [-0.39, 0.29) is 28.4 Å². The van der Waals surface area contributed by atoms with Gasteiger partial charge in [-0.25, -0.2) is 13.2 Å². The Bertz CT molecular complexity index is 1290. The summed E-state index contributed by atoms with van der Waals surface area (Å²) in [4.78, 5) is 15.4. The van der Waals surface area contributed by atoms with Crippen LogP contribution in [0.2, 0.25) is 0 Å². The lowest BCUT2D eigenvalue weighted by Gasteiger charge is -2.45. The number of likely N-dealkylation sites (tertiary alicyclic amines) is 1. The number of urea groups is 1. The van der Waals surface area contributed by atoms with E-state index < -0.39 is 9.84 Å². The van der Waals surface area contributed by atoms with Crippen LogP contribution < -0.4 is 20.1 Å². The summed E-state index contributed by atoms with van der Waals surface area (Å²) in [5.41, 5.74) is 2.35. The molecule has 0 spiro atoms. The third-order valence-corrected chi connectivity index (χ3v) is 9.29. The number of anilines is 1. The van der Waals surface area contributed by atoms with E-state index in [1.165, 1.54) is 17.0 Å². The molecule has 3 aliphatic rings. The summed E-state index contributed by atoms with van der Waals surface area (Å²) in [7, 11) is 2.02. The summed E-state index contributed by atoms with van der Waals surface area (Å²) in [6.45, 7) is 0.996. The number of nitrogens with zero attached hydrogens (tertiary/aromatic N) is 1. The Kier molecular flexibility index (Phi) is 6.01. The predicted molar refractivity (Wildman–Crippen MR) is 135 cm³/mol. The maximum atomic E-state index is 12.8. The number of carbonyl (C=O) groups is 1. The van der Waals surface area contributed by atoms with Crippen LogP contribution in [0.15, 0.2) is 46.7 Å². The summed E-state index contributed by atoms with van der Waals surface area (Å²) < 4.78 is 35.3. The molecule has 2 fully saturated rings. The first-order valence-electron chi connectivity index (χ1n) is 11.8. The molecular formula is C26H31N3O5S. The van der Waals surface area contributed by atoms with Crippen LogP contribution in [-0.2, 0) is 15.3 Å². The summed E-state index contributed by atoms with van der Waals surface area (Å²) in [6, 6.07) is 11.1. The van der Waals surface area contributed by atoms with E-state index in [9.17, 15) is 13.2 Å². The molecule has 9 heteroatoms. The van der Waals surface area contributed by atoms with Gasteiger partial charge in [0.25, 0.3) is 0 Å². The molecule has 0 bridgehead atoms. The van der Waals surface area contributed by atoms with Crippen molar-refractivity contribution in [2.75, 3.05) is 33.1 Å². The minimum absolute atomic E-state index is 0.00427. The molecule has 2 aromatic rings. The molecule has 2 aliphatic heterocycles. The van der Waals surface area contributed by atoms with Crippen LogP contribution in [0.1, 0.15) is 36.8 Å². The maximum absolute atomic E-state index is 12.8.